The molecule has 3 aliphatic rings. The van der Waals surface area contributed by atoms with Crippen LogP contribution in [-0.4, -0.2) is 42.2 Å². The molecule has 0 saturated heterocycles. The van der Waals surface area contributed by atoms with Crippen LogP contribution in [0.1, 0.15) is 62.8 Å². The van der Waals surface area contributed by atoms with Gasteiger partial charge in [0.05, 0.1) is 0 Å². The van der Waals surface area contributed by atoms with E-state index in [2.05, 4.69) is 28.1 Å². The van der Waals surface area contributed by atoms with Crippen LogP contribution in [0, 0.1) is 0 Å². The molecule has 2 saturated carbocycles. The Labute approximate surface area is 204 Å². The number of rotatable bonds is 0. The molecule has 9 heteroatoms. The molecular weight excluding hydrogens is 528 g/mol. The van der Waals surface area contributed by atoms with Crippen LogP contribution < -0.4 is 0 Å². The van der Waals surface area contributed by atoms with Crippen molar-refractivity contribution in [3.8, 4) is 0 Å². The van der Waals surface area contributed by atoms with E-state index in [4.69, 9.17) is 46.4 Å². The SMILES string of the molecule is Brc1cc2nc(c1)C[N-][C@H]1CCCC[C@H]1[N-]CC[N-]C1CCCCC1[N-]C2.[Cl][Mn][Cl]. The van der Waals surface area contributed by atoms with Crippen molar-refractivity contribution in [3.05, 3.63) is 49.3 Å². The molecular formula is C21H30BrCl2MnN5-4. The average molecular weight is 558 g/mol. The number of halogens is 3. The van der Waals surface area contributed by atoms with E-state index in [1.165, 1.54) is 38.5 Å². The predicted molar refractivity (Wildman–Crippen MR) is 126 cm³/mol. The van der Waals surface area contributed by atoms with Gasteiger partial charge < -0.3 is 21.3 Å². The molecule has 1 aliphatic heterocycles. The number of aromatic nitrogens is 1. The quantitative estimate of drug-likeness (QED) is 0.307. The summed E-state index contributed by atoms with van der Waals surface area (Å²) in [6, 6.07) is 5.63. The van der Waals surface area contributed by atoms with Gasteiger partial charge >= 0.3 is 33.3 Å². The Bertz CT molecular complexity index is 593. The summed E-state index contributed by atoms with van der Waals surface area (Å²) in [5.74, 6) is 0. The van der Waals surface area contributed by atoms with Crippen molar-refractivity contribution in [3.63, 3.8) is 0 Å². The third kappa shape index (κ3) is 8.17. The molecule has 0 aromatic carbocycles. The van der Waals surface area contributed by atoms with E-state index >= 15 is 0 Å². The Kier molecular flexibility index (Phi) is 11.7. The van der Waals surface area contributed by atoms with Crippen LogP contribution in [0.4, 0.5) is 0 Å². The van der Waals surface area contributed by atoms with E-state index in [1.54, 1.807) is 0 Å². The van der Waals surface area contributed by atoms with Crippen molar-refractivity contribution in [2.24, 2.45) is 0 Å². The van der Waals surface area contributed by atoms with E-state index in [0.717, 1.165) is 41.8 Å². The monoisotopic (exact) mass is 556 g/mol. The zero-order chi connectivity index (χ0) is 21.2. The molecule has 0 spiro atoms. The maximum absolute atomic E-state index is 5.01. The summed E-state index contributed by atoms with van der Waals surface area (Å²) in [4.78, 5) is 4.84. The molecule has 0 N–H and O–H groups in total. The van der Waals surface area contributed by atoms with E-state index in [1.807, 2.05) is 0 Å². The van der Waals surface area contributed by atoms with Gasteiger partial charge in [0.1, 0.15) is 0 Å². The minimum atomic E-state index is 0.00694. The van der Waals surface area contributed by atoms with Gasteiger partial charge in [0.15, 0.2) is 0 Å². The maximum atomic E-state index is 5.01. The molecule has 1 aromatic rings. The first-order valence-corrected chi connectivity index (χ1v) is 14.9. The molecule has 2 bridgehead atoms. The zero-order valence-corrected chi connectivity index (χ0v) is 21.5. The second kappa shape index (κ2) is 14.0. The Morgan fingerprint density at radius 1 is 0.733 bits per heavy atom. The first-order chi connectivity index (χ1) is 14.7. The molecule has 5 nitrogen and oxygen atoms in total. The number of nitrogens with zero attached hydrogens (tertiary/aromatic N) is 5. The summed E-state index contributed by atoms with van der Waals surface area (Å²) in [6.07, 6.45) is 9.76. The molecule has 2 aliphatic carbocycles. The van der Waals surface area contributed by atoms with Crippen molar-refractivity contribution < 1.29 is 13.1 Å². The van der Waals surface area contributed by atoms with Crippen LogP contribution >= 0.6 is 36.1 Å². The summed E-state index contributed by atoms with van der Waals surface area (Å²) in [5.41, 5.74) is 2.08. The zero-order valence-electron chi connectivity index (χ0n) is 17.2. The Morgan fingerprint density at radius 3 is 1.50 bits per heavy atom. The van der Waals surface area contributed by atoms with Crippen LogP contribution in [0.15, 0.2) is 16.6 Å². The van der Waals surface area contributed by atoms with Gasteiger partial charge in [-0.25, -0.2) is 0 Å². The van der Waals surface area contributed by atoms with Crippen molar-refractivity contribution in [2.45, 2.75) is 88.6 Å². The van der Waals surface area contributed by atoms with Gasteiger partial charge in [-0.2, -0.15) is 37.3 Å². The molecule has 4 rings (SSSR count). The molecule has 0 radical (unpaired) electrons. The first-order valence-electron chi connectivity index (χ1n) is 10.9. The first kappa shape index (κ1) is 25.2. The number of pyridine rings is 1. The third-order valence-electron chi connectivity index (χ3n) is 6.09. The van der Waals surface area contributed by atoms with Gasteiger partial charge in [-0.15, -0.1) is 13.1 Å². The van der Waals surface area contributed by atoms with Gasteiger partial charge in [-0.3, -0.25) is 4.98 Å². The van der Waals surface area contributed by atoms with E-state index in [0.29, 0.717) is 37.3 Å². The van der Waals surface area contributed by atoms with Crippen LogP contribution in [0.2, 0.25) is 0 Å². The number of fused-ring (bicyclic) bond motifs is 4. The van der Waals surface area contributed by atoms with Crippen molar-refractivity contribution in [2.75, 3.05) is 13.1 Å². The molecule has 1 aromatic heterocycles. The van der Waals surface area contributed by atoms with Gasteiger partial charge in [0, 0.05) is 15.9 Å². The molecule has 2 heterocycles. The van der Waals surface area contributed by atoms with Gasteiger partial charge in [-0.1, -0.05) is 67.3 Å². The number of hydrogen-bond donors (Lipinski definition) is 0. The topological polar surface area (TPSA) is 69.3 Å². The molecule has 2 unspecified atom stereocenters. The molecule has 171 valence electrons. The summed E-state index contributed by atoms with van der Waals surface area (Å²) in [5, 5.41) is 20.0. The van der Waals surface area contributed by atoms with E-state index in [9.17, 15) is 0 Å². The summed E-state index contributed by atoms with van der Waals surface area (Å²) < 4.78 is 1.08. The molecule has 2 fully saturated rings. The summed E-state index contributed by atoms with van der Waals surface area (Å²) in [7, 11) is 9.59. The van der Waals surface area contributed by atoms with Gasteiger partial charge in [-0.05, 0) is 12.1 Å². The van der Waals surface area contributed by atoms with E-state index in [-0.39, 0.29) is 13.1 Å². The second-order valence-electron chi connectivity index (χ2n) is 8.15. The Balaban J connectivity index is 0.000000806. The second-order valence-corrected chi connectivity index (χ2v) is 11.0. The van der Waals surface area contributed by atoms with Crippen LogP contribution in [-0.2, 0) is 26.2 Å². The minimum absolute atomic E-state index is 0.00694. The molecule has 4 atom stereocenters. The molecule has 30 heavy (non-hydrogen) atoms. The van der Waals surface area contributed by atoms with Crippen molar-refractivity contribution in [1.29, 1.82) is 0 Å². The third-order valence-corrected chi connectivity index (χ3v) is 6.54. The van der Waals surface area contributed by atoms with Gasteiger partial charge in [0.2, 0.25) is 0 Å². The standard InChI is InChI=1S/C21H30BrN5.2ClH.Mn/c22-15-11-16-13-25-20-7-3-1-5-18(20)23-9-10-24-19-6-2-4-8-21(19)26-14-17(12-15)27-16;;;/h11-12,18-21H,1-10,13-14H2;2*1H;/q-4;;;+2/p-2/t18-,19?,20+,21?;;;/m1.../s1. The fourth-order valence-electron chi connectivity index (χ4n) is 4.67. The normalized spacial score (nSPS) is 30.5. The van der Waals surface area contributed by atoms with Crippen LogP contribution in [0.25, 0.3) is 21.3 Å². The summed E-state index contributed by atoms with van der Waals surface area (Å²) in [6.45, 7) is 3.05. The van der Waals surface area contributed by atoms with Crippen molar-refractivity contribution >= 4 is 36.1 Å². The fourth-order valence-corrected chi connectivity index (χ4v) is 5.20. The Morgan fingerprint density at radius 2 is 1.10 bits per heavy atom. The van der Waals surface area contributed by atoms with Crippen LogP contribution in [0.5, 0.6) is 0 Å². The van der Waals surface area contributed by atoms with Crippen molar-refractivity contribution in [1.82, 2.24) is 4.98 Å². The summed E-state index contributed by atoms with van der Waals surface area (Å²) >= 11 is 3.65. The number of hydrogen-bond acceptors (Lipinski definition) is 1. The van der Waals surface area contributed by atoms with Gasteiger partial charge in [0.25, 0.3) is 0 Å². The fraction of sp³-hybridized carbons (Fsp3) is 0.762. The van der Waals surface area contributed by atoms with Crippen LogP contribution in [0.3, 0.4) is 0 Å². The Hall–Kier alpha value is 0.569. The predicted octanol–water partition coefficient (Wildman–Crippen LogP) is 7.35. The average Bonchev–Trinajstić information content (AvgIpc) is 2.75. The molecule has 0 amide bonds. The van der Waals surface area contributed by atoms with E-state index < -0.39 is 0 Å².